The topological polar surface area (TPSA) is 68.2 Å². The van der Waals surface area contributed by atoms with E-state index < -0.39 is 14.7 Å². The van der Waals surface area contributed by atoms with Gasteiger partial charge in [-0.15, -0.1) is 0 Å². The van der Waals surface area contributed by atoms with Crippen molar-refractivity contribution in [1.29, 1.82) is 0 Å². The molecule has 0 saturated carbocycles. The molecule has 0 bridgehead atoms. The average molecular weight is 266 g/mol. The van der Waals surface area contributed by atoms with Crippen LogP contribution < -0.4 is 0 Å². The van der Waals surface area contributed by atoms with Gasteiger partial charge in [-0.2, -0.15) is 0 Å². The van der Waals surface area contributed by atoms with E-state index in [4.69, 9.17) is 23.8 Å². The van der Waals surface area contributed by atoms with Gasteiger partial charge in [-0.25, -0.2) is 0 Å². The Bertz CT molecular complexity index is 173. The monoisotopic (exact) mass is 266 g/mol. The molecule has 0 aromatic carbocycles. The summed E-state index contributed by atoms with van der Waals surface area (Å²) in [4.78, 5) is 0. The Morgan fingerprint density at radius 2 is 1.76 bits per heavy atom. The van der Waals surface area contributed by atoms with Crippen LogP contribution in [0.3, 0.4) is 0 Å². The van der Waals surface area contributed by atoms with Crippen molar-refractivity contribution in [3.05, 3.63) is 0 Å². The summed E-state index contributed by atoms with van der Waals surface area (Å²) in [6.07, 6.45) is 0.0679. The van der Waals surface area contributed by atoms with Crippen LogP contribution in [0, 0.1) is 0 Å². The molecule has 17 heavy (non-hydrogen) atoms. The summed E-state index contributed by atoms with van der Waals surface area (Å²) in [7, 11) is -2.03. The zero-order valence-corrected chi connectivity index (χ0v) is 12.1. The second-order valence-corrected chi connectivity index (χ2v) is 7.36. The first-order valence-corrected chi connectivity index (χ1v) is 8.75. The second-order valence-electron chi connectivity index (χ2n) is 4.01. The molecule has 0 spiro atoms. The van der Waals surface area contributed by atoms with Gasteiger partial charge >= 0.3 is 8.56 Å². The Morgan fingerprint density at radius 1 is 1.18 bits per heavy atom. The van der Waals surface area contributed by atoms with Crippen molar-refractivity contribution in [2.75, 3.05) is 33.0 Å². The third-order valence-electron chi connectivity index (χ3n) is 2.34. The van der Waals surface area contributed by atoms with Crippen LogP contribution in [-0.2, 0) is 13.6 Å². The smallest absolute Gasteiger partial charge is 0.334 e. The van der Waals surface area contributed by atoms with Crippen molar-refractivity contribution < 1.29 is 23.8 Å². The molecule has 0 aliphatic carbocycles. The maximum Gasteiger partial charge on any atom is 0.334 e. The number of hydrogen-bond donors (Lipinski definition) is 2. The predicted octanol–water partition coefficient (Wildman–Crippen LogP) is 0.891. The highest BCUT2D eigenvalue weighted by molar-refractivity contribution is 6.66. The molecule has 0 aromatic heterocycles. The second kappa shape index (κ2) is 9.99. The number of aliphatic hydroxyl groups is 2. The van der Waals surface area contributed by atoms with E-state index in [1.165, 1.54) is 0 Å². The van der Waals surface area contributed by atoms with Gasteiger partial charge in [-0.3, -0.25) is 0 Å². The molecule has 0 aliphatic heterocycles. The van der Waals surface area contributed by atoms with Crippen LogP contribution in [0.5, 0.6) is 0 Å². The number of rotatable bonds is 11. The van der Waals surface area contributed by atoms with E-state index in [1.807, 2.05) is 13.8 Å². The van der Waals surface area contributed by atoms with E-state index in [1.54, 1.807) is 0 Å². The molecule has 104 valence electrons. The highest BCUT2D eigenvalue weighted by Gasteiger charge is 2.29. The van der Waals surface area contributed by atoms with Crippen molar-refractivity contribution in [2.24, 2.45) is 0 Å². The number of ether oxygens (including phenoxy) is 1. The lowest BCUT2D eigenvalue weighted by atomic mass is 10.4. The van der Waals surface area contributed by atoms with Crippen molar-refractivity contribution in [3.63, 3.8) is 0 Å². The summed E-state index contributed by atoms with van der Waals surface area (Å²) in [5.74, 6) is 0. The van der Waals surface area contributed by atoms with Crippen LogP contribution in [-0.4, -0.2) is 57.9 Å². The van der Waals surface area contributed by atoms with Crippen LogP contribution in [0.2, 0.25) is 12.6 Å². The Labute approximate surface area is 105 Å². The zero-order chi connectivity index (χ0) is 13.1. The molecule has 0 heterocycles. The summed E-state index contributed by atoms with van der Waals surface area (Å²) >= 11 is 0. The van der Waals surface area contributed by atoms with E-state index in [-0.39, 0.29) is 13.2 Å². The van der Waals surface area contributed by atoms with Gasteiger partial charge in [-0.05, 0) is 32.9 Å². The van der Waals surface area contributed by atoms with Crippen molar-refractivity contribution in [2.45, 2.75) is 39.0 Å². The molecule has 1 atom stereocenters. The van der Waals surface area contributed by atoms with Gasteiger partial charge in [-0.1, -0.05) is 0 Å². The lowest BCUT2D eigenvalue weighted by molar-refractivity contribution is 0.00601. The van der Waals surface area contributed by atoms with E-state index in [0.717, 1.165) is 12.5 Å². The van der Waals surface area contributed by atoms with E-state index in [0.29, 0.717) is 19.8 Å². The average Bonchev–Trinajstić information content (AvgIpc) is 2.29. The molecule has 0 amide bonds. The maximum absolute atomic E-state index is 9.07. The van der Waals surface area contributed by atoms with Crippen molar-refractivity contribution in [3.8, 4) is 0 Å². The summed E-state index contributed by atoms with van der Waals surface area (Å²) in [5, 5.41) is 17.7. The van der Waals surface area contributed by atoms with Gasteiger partial charge in [0.1, 0.15) is 6.10 Å². The third-order valence-corrected chi connectivity index (χ3v) is 5.40. The van der Waals surface area contributed by atoms with E-state index >= 15 is 0 Å². The zero-order valence-electron chi connectivity index (χ0n) is 11.1. The van der Waals surface area contributed by atoms with Gasteiger partial charge in [0, 0.05) is 19.8 Å². The van der Waals surface area contributed by atoms with Crippen LogP contribution >= 0.6 is 0 Å². The minimum absolute atomic E-state index is 0.179. The minimum atomic E-state index is -2.03. The first-order valence-electron chi connectivity index (χ1n) is 6.22. The Hall–Kier alpha value is 0.0169. The molecule has 0 fully saturated rings. The van der Waals surface area contributed by atoms with Crippen LogP contribution in [0.1, 0.15) is 20.3 Å². The summed E-state index contributed by atoms with van der Waals surface area (Å²) in [6, 6.07) is 0.879. The highest BCUT2D eigenvalue weighted by Crippen LogP contribution is 2.15. The van der Waals surface area contributed by atoms with Gasteiger partial charge < -0.3 is 23.8 Å². The normalized spacial score (nSPS) is 13.9. The molecule has 0 aromatic rings. The summed E-state index contributed by atoms with van der Waals surface area (Å²) < 4.78 is 16.6. The van der Waals surface area contributed by atoms with Crippen LogP contribution in [0.25, 0.3) is 0 Å². The molecular formula is C11H26O5Si. The van der Waals surface area contributed by atoms with Gasteiger partial charge in [0.15, 0.2) is 0 Å². The van der Waals surface area contributed by atoms with Crippen LogP contribution in [0.15, 0.2) is 0 Å². The van der Waals surface area contributed by atoms with Crippen molar-refractivity contribution in [1.82, 2.24) is 0 Å². The predicted molar refractivity (Wildman–Crippen MR) is 68.2 cm³/mol. The fourth-order valence-electron chi connectivity index (χ4n) is 1.56. The standard InChI is InChI=1S/C11H26O5Si/c1-4-15-17(3,16-5-2)8-6-7-14-10-11(13)9-12/h11-13H,4-10H2,1-3H3. The maximum atomic E-state index is 9.07. The highest BCUT2D eigenvalue weighted by atomic mass is 28.4. The fraction of sp³-hybridized carbons (Fsp3) is 1.00. The molecular weight excluding hydrogens is 240 g/mol. The Morgan fingerprint density at radius 3 is 2.24 bits per heavy atom. The molecule has 1 unspecified atom stereocenters. The Kier molecular flexibility index (Phi) is 10.00. The van der Waals surface area contributed by atoms with E-state index in [2.05, 4.69) is 6.55 Å². The first-order chi connectivity index (χ1) is 8.08. The van der Waals surface area contributed by atoms with Gasteiger partial charge in [0.05, 0.1) is 13.2 Å². The van der Waals surface area contributed by atoms with Crippen molar-refractivity contribution >= 4 is 8.56 Å². The molecule has 0 saturated heterocycles. The molecule has 0 rings (SSSR count). The Balaban J connectivity index is 3.67. The van der Waals surface area contributed by atoms with Gasteiger partial charge in [0.2, 0.25) is 0 Å². The van der Waals surface area contributed by atoms with Crippen LogP contribution in [0.4, 0.5) is 0 Å². The summed E-state index contributed by atoms with van der Waals surface area (Å²) in [5.41, 5.74) is 0. The largest absolute Gasteiger partial charge is 0.395 e. The molecule has 5 nitrogen and oxygen atoms in total. The van der Waals surface area contributed by atoms with E-state index in [9.17, 15) is 0 Å². The molecule has 0 radical (unpaired) electrons. The molecule has 6 heteroatoms. The first kappa shape index (κ1) is 17.0. The minimum Gasteiger partial charge on any atom is -0.395 e. The third kappa shape index (κ3) is 8.70. The van der Waals surface area contributed by atoms with Gasteiger partial charge in [0.25, 0.3) is 0 Å². The molecule has 2 N–H and O–H groups in total. The number of hydrogen-bond acceptors (Lipinski definition) is 5. The lowest BCUT2D eigenvalue weighted by Crippen LogP contribution is -2.38. The summed E-state index contributed by atoms with van der Waals surface area (Å²) in [6.45, 7) is 7.82. The molecule has 0 aliphatic rings. The number of aliphatic hydroxyl groups excluding tert-OH is 2. The quantitative estimate of drug-likeness (QED) is 0.429. The SMILES string of the molecule is CCO[Si](C)(CCCOCC(O)CO)OCC. The lowest BCUT2D eigenvalue weighted by Gasteiger charge is -2.25. The fourth-order valence-corrected chi connectivity index (χ4v) is 3.94.